The van der Waals surface area contributed by atoms with Gasteiger partial charge in [0.2, 0.25) is 0 Å². The van der Waals surface area contributed by atoms with E-state index in [9.17, 15) is 0 Å². The van der Waals surface area contributed by atoms with Crippen LogP contribution in [0.25, 0.3) is 0 Å². The van der Waals surface area contributed by atoms with Gasteiger partial charge in [-0.3, -0.25) is 0 Å². The second-order valence-corrected chi connectivity index (χ2v) is 3.19. The van der Waals surface area contributed by atoms with E-state index in [0.29, 0.717) is 0 Å². The molecule has 0 fully saturated rings. The first-order valence-corrected chi connectivity index (χ1v) is 5.57. The maximum absolute atomic E-state index is 8.29. The SMILES string of the molecule is C(#Cc1ccccc1)c1ccccc1.O=S=O. The van der Waals surface area contributed by atoms with Gasteiger partial charge in [0.05, 0.1) is 0 Å². The van der Waals surface area contributed by atoms with E-state index in [0.717, 1.165) is 11.1 Å². The average Bonchev–Trinajstić information content (AvgIpc) is 2.40. The topological polar surface area (TPSA) is 34.1 Å². The molecule has 0 aliphatic rings. The van der Waals surface area contributed by atoms with E-state index in [4.69, 9.17) is 8.42 Å². The van der Waals surface area contributed by atoms with Crippen molar-refractivity contribution in [2.45, 2.75) is 0 Å². The molecule has 0 aromatic heterocycles. The van der Waals surface area contributed by atoms with Crippen molar-refractivity contribution in [1.82, 2.24) is 0 Å². The number of hydrogen-bond acceptors (Lipinski definition) is 2. The van der Waals surface area contributed by atoms with Crippen LogP contribution in [0.2, 0.25) is 0 Å². The van der Waals surface area contributed by atoms with Crippen LogP contribution < -0.4 is 0 Å². The summed E-state index contributed by atoms with van der Waals surface area (Å²) in [6.07, 6.45) is 0. The van der Waals surface area contributed by atoms with E-state index in [1.54, 1.807) is 0 Å². The molecule has 84 valence electrons. The van der Waals surface area contributed by atoms with Gasteiger partial charge in [-0.2, -0.15) is 8.42 Å². The Labute approximate surface area is 104 Å². The van der Waals surface area contributed by atoms with E-state index in [2.05, 4.69) is 11.8 Å². The molecule has 17 heavy (non-hydrogen) atoms. The molecular weight excluding hydrogens is 232 g/mol. The molecule has 2 nitrogen and oxygen atoms in total. The van der Waals surface area contributed by atoms with Crippen LogP contribution in [0, 0.1) is 11.8 Å². The lowest BCUT2D eigenvalue weighted by Crippen LogP contribution is -1.73. The molecule has 0 atom stereocenters. The lowest BCUT2D eigenvalue weighted by molar-refractivity contribution is 0.630. The maximum Gasteiger partial charge on any atom is 0.335 e. The lowest BCUT2D eigenvalue weighted by Gasteiger charge is -1.88. The fourth-order valence-electron chi connectivity index (χ4n) is 1.19. The van der Waals surface area contributed by atoms with Gasteiger partial charge in [0.25, 0.3) is 0 Å². The first-order valence-electron chi connectivity index (χ1n) is 4.90. The highest BCUT2D eigenvalue weighted by molar-refractivity contribution is 7.51. The Kier molecular flexibility index (Phi) is 6.09. The molecule has 0 spiro atoms. The molecule has 0 heterocycles. The monoisotopic (exact) mass is 242 g/mol. The lowest BCUT2D eigenvalue weighted by atomic mass is 10.2. The summed E-state index contributed by atoms with van der Waals surface area (Å²) in [5.41, 5.74) is 2.10. The van der Waals surface area contributed by atoms with Crippen LogP contribution in [0.5, 0.6) is 0 Å². The molecule has 0 amide bonds. The van der Waals surface area contributed by atoms with Gasteiger partial charge in [-0.05, 0) is 24.3 Å². The number of rotatable bonds is 0. The summed E-state index contributed by atoms with van der Waals surface area (Å²) in [4.78, 5) is 0. The molecule has 2 aromatic carbocycles. The molecule has 0 radical (unpaired) electrons. The predicted octanol–water partition coefficient (Wildman–Crippen LogP) is 2.42. The minimum Gasteiger partial charge on any atom is -0.168 e. The zero-order valence-electron chi connectivity index (χ0n) is 9.00. The van der Waals surface area contributed by atoms with Gasteiger partial charge in [-0.15, -0.1) is 0 Å². The highest BCUT2D eigenvalue weighted by Crippen LogP contribution is 1.98. The van der Waals surface area contributed by atoms with Crippen molar-refractivity contribution in [3.63, 3.8) is 0 Å². The Bertz CT molecular complexity index is 489. The zero-order chi connectivity index (χ0) is 12.3. The van der Waals surface area contributed by atoms with Crippen LogP contribution in [0.1, 0.15) is 11.1 Å². The first-order chi connectivity index (χ1) is 8.36. The maximum atomic E-state index is 8.29. The molecule has 0 N–H and O–H groups in total. The Morgan fingerprint density at radius 2 is 0.941 bits per heavy atom. The van der Waals surface area contributed by atoms with Gasteiger partial charge in [0.15, 0.2) is 0 Å². The van der Waals surface area contributed by atoms with Crippen molar-refractivity contribution in [3.05, 3.63) is 71.8 Å². The fraction of sp³-hybridized carbons (Fsp3) is 0. The average molecular weight is 242 g/mol. The van der Waals surface area contributed by atoms with Crippen molar-refractivity contribution in [1.29, 1.82) is 0 Å². The molecule has 0 aliphatic carbocycles. The van der Waals surface area contributed by atoms with Gasteiger partial charge in [0, 0.05) is 11.1 Å². The van der Waals surface area contributed by atoms with Gasteiger partial charge in [-0.1, -0.05) is 48.2 Å². The Morgan fingerprint density at radius 1 is 0.647 bits per heavy atom. The van der Waals surface area contributed by atoms with Crippen LogP contribution in [0.4, 0.5) is 0 Å². The van der Waals surface area contributed by atoms with Crippen LogP contribution in [-0.4, -0.2) is 8.42 Å². The third-order valence-electron chi connectivity index (χ3n) is 1.90. The largest absolute Gasteiger partial charge is 0.335 e. The highest BCUT2D eigenvalue weighted by atomic mass is 32.1. The van der Waals surface area contributed by atoms with Crippen LogP contribution in [-0.2, 0) is 11.6 Å². The number of benzene rings is 2. The minimum atomic E-state index is -0.750. The van der Waals surface area contributed by atoms with Crippen molar-refractivity contribution in [2.75, 3.05) is 0 Å². The summed E-state index contributed by atoms with van der Waals surface area (Å²) < 4.78 is 16.6. The van der Waals surface area contributed by atoms with E-state index < -0.39 is 11.6 Å². The van der Waals surface area contributed by atoms with Crippen molar-refractivity contribution >= 4 is 11.6 Å². The fourth-order valence-corrected chi connectivity index (χ4v) is 1.19. The van der Waals surface area contributed by atoms with Gasteiger partial charge < -0.3 is 0 Å². The smallest absolute Gasteiger partial charge is 0.168 e. The van der Waals surface area contributed by atoms with E-state index >= 15 is 0 Å². The molecule has 0 unspecified atom stereocenters. The molecular formula is C14H10O2S. The Balaban J connectivity index is 0.000000437. The standard InChI is InChI=1S/C14H10.O2S/c1-3-7-13(8-4-1)11-12-14-9-5-2-6-10-14;1-3-2/h1-10H;. The summed E-state index contributed by atoms with van der Waals surface area (Å²) >= 11 is -0.750. The van der Waals surface area contributed by atoms with Gasteiger partial charge in [0.1, 0.15) is 0 Å². The molecule has 0 bridgehead atoms. The second kappa shape index (κ2) is 8.03. The Hall–Kier alpha value is -2.18. The molecule has 2 rings (SSSR count). The van der Waals surface area contributed by atoms with Crippen molar-refractivity contribution in [3.8, 4) is 11.8 Å². The highest BCUT2D eigenvalue weighted by Gasteiger charge is 1.83. The first kappa shape index (κ1) is 12.9. The molecule has 0 aliphatic heterocycles. The molecule has 2 aromatic rings. The summed E-state index contributed by atoms with van der Waals surface area (Å²) in [6.45, 7) is 0. The third-order valence-corrected chi connectivity index (χ3v) is 1.90. The third kappa shape index (κ3) is 5.45. The number of hydrogen-bond donors (Lipinski definition) is 0. The second-order valence-electron chi connectivity index (χ2n) is 3.05. The summed E-state index contributed by atoms with van der Waals surface area (Å²) in [7, 11) is 0. The summed E-state index contributed by atoms with van der Waals surface area (Å²) in [5.74, 6) is 6.22. The summed E-state index contributed by atoms with van der Waals surface area (Å²) in [5, 5.41) is 0. The quantitative estimate of drug-likeness (QED) is 0.665. The van der Waals surface area contributed by atoms with Gasteiger partial charge >= 0.3 is 11.6 Å². The van der Waals surface area contributed by atoms with Crippen molar-refractivity contribution in [2.24, 2.45) is 0 Å². The van der Waals surface area contributed by atoms with E-state index in [1.165, 1.54) is 0 Å². The van der Waals surface area contributed by atoms with Crippen LogP contribution >= 0.6 is 0 Å². The minimum absolute atomic E-state index is 0.750. The molecule has 3 heteroatoms. The Morgan fingerprint density at radius 3 is 1.24 bits per heavy atom. The predicted molar refractivity (Wildman–Crippen MR) is 67.8 cm³/mol. The normalized spacial score (nSPS) is 8.00. The van der Waals surface area contributed by atoms with Crippen LogP contribution in [0.15, 0.2) is 60.7 Å². The summed E-state index contributed by atoms with van der Waals surface area (Å²) in [6, 6.07) is 20.0. The zero-order valence-corrected chi connectivity index (χ0v) is 9.81. The molecule has 0 saturated heterocycles. The van der Waals surface area contributed by atoms with Gasteiger partial charge in [-0.25, -0.2) is 0 Å². The van der Waals surface area contributed by atoms with E-state index in [1.807, 2.05) is 60.7 Å². The molecule has 0 saturated carbocycles. The van der Waals surface area contributed by atoms with Crippen molar-refractivity contribution < 1.29 is 8.42 Å². The van der Waals surface area contributed by atoms with E-state index in [-0.39, 0.29) is 0 Å². The van der Waals surface area contributed by atoms with Crippen LogP contribution in [0.3, 0.4) is 0 Å².